The van der Waals surface area contributed by atoms with Crippen LogP contribution in [0.1, 0.15) is 44.1 Å². The molecule has 2 heteroatoms. The second kappa shape index (κ2) is 6.53. The number of halogens is 1. The van der Waals surface area contributed by atoms with Gasteiger partial charge in [-0.1, -0.05) is 31.0 Å². The fourth-order valence-corrected chi connectivity index (χ4v) is 3.26. The van der Waals surface area contributed by atoms with Crippen LogP contribution in [0.3, 0.4) is 0 Å². The number of aryl methyl sites for hydroxylation is 1. The maximum Gasteiger partial charge on any atom is 0.135 e. The van der Waals surface area contributed by atoms with Crippen molar-refractivity contribution in [3.05, 3.63) is 33.4 Å². The molecule has 0 heterocycles. The first-order valence-corrected chi connectivity index (χ1v) is 7.61. The summed E-state index contributed by atoms with van der Waals surface area (Å²) in [6, 6.07) is 8.45. The highest BCUT2D eigenvalue weighted by molar-refractivity contribution is 14.1. The molecular formula is C15H19IO. The van der Waals surface area contributed by atoms with Crippen molar-refractivity contribution in [2.75, 3.05) is 0 Å². The van der Waals surface area contributed by atoms with Crippen molar-refractivity contribution in [3.8, 4) is 0 Å². The minimum absolute atomic E-state index is 0.393. The number of Topliss-reactive ketones (excluding diaryl/α,β-unsaturated/α-hetero) is 1. The minimum Gasteiger partial charge on any atom is -0.299 e. The molecule has 1 aromatic rings. The van der Waals surface area contributed by atoms with Gasteiger partial charge in [0.2, 0.25) is 0 Å². The van der Waals surface area contributed by atoms with Crippen LogP contribution in [0.25, 0.3) is 0 Å². The molecule has 1 fully saturated rings. The monoisotopic (exact) mass is 342 g/mol. The van der Waals surface area contributed by atoms with Crippen molar-refractivity contribution in [2.45, 2.75) is 44.9 Å². The number of rotatable bonds is 5. The number of carbonyl (C=O) groups is 1. The smallest absolute Gasteiger partial charge is 0.135 e. The average molecular weight is 342 g/mol. The summed E-state index contributed by atoms with van der Waals surface area (Å²) in [5.41, 5.74) is 1.38. The second-order valence-electron chi connectivity index (χ2n) is 4.89. The minimum atomic E-state index is 0.393. The molecule has 17 heavy (non-hydrogen) atoms. The Labute approximate surface area is 117 Å². The van der Waals surface area contributed by atoms with E-state index in [9.17, 15) is 4.79 Å². The Balaban J connectivity index is 1.76. The third-order valence-corrected chi connectivity index (χ3v) is 4.69. The molecule has 2 rings (SSSR count). The van der Waals surface area contributed by atoms with Crippen LogP contribution >= 0.6 is 22.6 Å². The van der Waals surface area contributed by atoms with Crippen LogP contribution in [0.2, 0.25) is 0 Å². The first-order chi connectivity index (χ1) is 8.27. The van der Waals surface area contributed by atoms with Gasteiger partial charge in [0.05, 0.1) is 0 Å². The van der Waals surface area contributed by atoms with Gasteiger partial charge in [-0.05, 0) is 59.9 Å². The van der Waals surface area contributed by atoms with Gasteiger partial charge in [0.1, 0.15) is 5.78 Å². The highest BCUT2D eigenvalue weighted by atomic mass is 127. The van der Waals surface area contributed by atoms with Crippen molar-refractivity contribution < 1.29 is 4.79 Å². The molecule has 0 radical (unpaired) electrons. The second-order valence-corrected chi connectivity index (χ2v) is 6.05. The quantitative estimate of drug-likeness (QED) is 0.726. The van der Waals surface area contributed by atoms with Gasteiger partial charge in [-0.3, -0.25) is 4.79 Å². The molecule has 0 atom stereocenters. The van der Waals surface area contributed by atoms with E-state index >= 15 is 0 Å². The SMILES string of the molecule is O=C(CCCc1ccccc1I)C1CCCC1. The van der Waals surface area contributed by atoms with Gasteiger partial charge in [-0.2, -0.15) is 0 Å². The Morgan fingerprint density at radius 3 is 2.65 bits per heavy atom. The molecule has 0 unspecified atom stereocenters. The van der Waals surface area contributed by atoms with Crippen molar-refractivity contribution in [1.82, 2.24) is 0 Å². The lowest BCUT2D eigenvalue weighted by atomic mass is 9.97. The van der Waals surface area contributed by atoms with E-state index in [0.717, 1.165) is 32.1 Å². The Hall–Kier alpha value is -0.380. The molecule has 0 aromatic heterocycles. The van der Waals surface area contributed by atoms with Crippen LogP contribution in [0, 0.1) is 9.49 Å². The molecule has 0 N–H and O–H groups in total. The van der Waals surface area contributed by atoms with E-state index in [0.29, 0.717) is 11.7 Å². The molecule has 1 nitrogen and oxygen atoms in total. The molecule has 1 saturated carbocycles. The summed E-state index contributed by atoms with van der Waals surface area (Å²) in [5, 5.41) is 0. The summed E-state index contributed by atoms with van der Waals surface area (Å²) in [6.45, 7) is 0. The fourth-order valence-electron chi connectivity index (χ4n) is 2.61. The van der Waals surface area contributed by atoms with Crippen LogP contribution in [0.15, 0.2) is 24.3 Å². The van der Waals surface area contributed by atoms with Crippen molar-refractivity contribution in [3.63, 3.8) is 0 Å². The zero-order valence-corrected chi connectivity index (χ0v) is 12.3. The summed E-state index contributed by atoms with van der Waals surface area (Å²) in [7, 11) is 0. The highest BCUT2D eigenvalue weighted by Crippen LogP contribution is 2.27. The summed E-state index contributed by atoms with van der Waals surface area (Å²) in [4.78, 5) is 11.9. The van der Waals surface area contributed by atoms with Gasteiger partial charge in [0.25, 0.3) is 0 Å². The molecule has 0 spiro atoms. The van der Waals surface area contributed by atoms with Gasteiger partial charge in [0.15, 0.2) is 0 Å². The van der Waals surface area contributed by atoms with Crippen LogP contribution in [-0.2, 0) is 11.2 Å². The van der Waals surface area contributed by atoms with Crippen molar-refractivity contribution >= 4 is 28.4 Å². The van der Waals surface area contributed by atoms with Crippen molar-refractivity contribution in [1.29, 1.82) is 0 Å². The number of carbonyl (C=O) groups excluding carboxylic acids is 1. The Kier molecular flexibility index (Phi) is 5.01. The van der Waals surface area contributed by atoms with Crippen LogP contribution < -0.4 is 0 Å². The Morgan fingerprint density at radius 2 is 1.94 bits per heavy atom. The van der Waals surface area contributed by atoms with E-state index in [1.165, 1.54) is 22.0 Å². The summed E-state index contributed by atoms with van der Waals surface area (Å²) in [6.07, 6.45) is 7.62. The maximum absolute atomic E-state index is 11.9. The first kappa shape index (κ1) is 13.1. The largest absolute Gasteiger partial charge is 0.299 e. The van der Waals surface area contributed by atoms with Crippen molar-refractivity contribution in [2.24, 2.45) is 5.92 Å². The summed E-state index contributed by atoms with van der Waals surface area (Å²) < 4.78 is 1.32. The van der Waals surface area contributed by atoms with Crippen LogP contribution in [-0.4, -0.2) is 5.78 Å². The topological polar surface area (TPSA) is 17.1 Å². The zero-order valence-electron chi connectivity index (χ0n) is 10.1. The van der Waals surface area contributed by atoms with E-state index in [4.69, 9.17) is 0 Å². The molecule has 92 valence electrons. The van der Waals surface area contributed by atoms with E-state index in [2.05, 4.69) is 46.9 Å². The van der Waals surface area contributed by atoms with Gasteiger partial charge < -0.3 is 0 Å². The molecular weight excluding hydrogens is 323 g/mol. The normalized spacial score (nSPS) is 16.3. The lowest BCUT2D eigenvalue weighted by Crippen LogP contribution is -2.10. The Morgan fingerprint density at radius 1 is 1.24 bits per heavy atom. The molecule has 0 aliphatic heterocycles. The summed E-state index contributed by atoms with van der Waals surface area (Å²) in [5.74, 6) is 0.901. The van der Waals surface area contributed by atoms with E-state index in [-0.39, 0.29) is 0 Å². The molecule has 1 aliphatic carbocycles. The van der Waals surface area contributed by atoms with Crippen LogP contribution in [0.5, 0.6) is 0 Å². The molecule has 0 saturated heterocycles. The standard InChI is InChI=1S/C15H19IO/c16-14-10-4-3-6-12(14)9-5-11-15(17)13-7-1-2-8-13/h3-4,6,10,13H,1-2,5,7-9,11H2. The molecule has 1 aromatic carbocycles. The Bertz CT molecular complexity index is 380. The average Bonchev–Trinajstić information content (AvgIpc) is 2.85. The van der Waals surface area contributed by atoms with Gasteiger partial charge in [-0.25, -0.2) is 0 Å². The van der Waals surface area contributed by atoms with Crippen LogP contribution in [0.4, 0.5) is 0 Å². The lowest BCUT2D eigenvalue weighted by molar-refractivity contribution is -0.122. The predicted octanol–water partition coefficient (Wildman–Crippen LogP) is 4.37. The number of ketones is 1. The van der Waals surface area contributed by atoms with Gasteiger partial charge in [0, 0.05) is 15.9 Å². The fraction of sp³-hybridized carbons (Fsp3) is 0.533. The van der Waals surface area contributed by atoms with E-state index in [1.54, 1.807) is 0 Å². The molecule has 0 bridgehead atoms. The lowest BCUT2D eigenvalue weighted by Gasteiger charge is -2.08. The van der Waals surface area contributed by atoms with Gasteiger partial charge in [-0.15, -0.1) is 0 Å². The van der Waals surface area contributed by atoms with Gasteiger partial charge >= 0.3 is 0 Å². The third kappa shape index (κ3) is 3.80. The third-order valence-electron chi connectivity index (χ3n) is 3.64. The van der Waals surface area contributed by atoms with E-state index < -0.39 is 0 Å². The highest BCUT2D eigenvalue weighted by Gasteiger charge is 2.21. The zero-order chi connectivity index (χ0) is 12.1. The number of hydrogen-bond acceptors (Lipinski definition) is 1. The van der Waals surface area contributed by atoms with E-state index in [1.807, 2.05) is 0 Å². The maximum atomic E-state index is 11.9. The number of benzene rings is 1. The summed E-state index contributed by atoms with van der Waals surface area (Å²) >= 11 is 2.37. The molecule has 0 amide bonds. The first-order valence-electron chi connectivity index (χ1n) is 6.53. The molecule has 1 aliphatic rings. The number of hydrogen-bond donors (Lipinski definition) is 0. The predicted molar refractivity (Wildman–Crippen MR) is 79.1 cm³/mol.